The summed E-state index contributed by atoms with van der Waals surface area (Å²) in [6, 6.07) is -2.18. The van der Waals surface area contributed by atoms with Crippen LogP contribution in [0.1, 0.15) is 121 Å². The maximum atomic E-state index is 15.6. The minimum atomic E-state index is -1.88. The van der Waals surface area contributed by atoms with E-state index in [1.807, 2.05) is 13.8 Å². The molecular formula is C87H119N23O20S. The summed E-state index contributed by atoms with van der Waals surface area (Å²) in [4.78, 5) is 279. The molecule has 44 heteroatoms. The zero-order valence-electron chi connectivity index (χ0n) is 74.2. The molecular weight excluding hydrogens is 1720 g/mol. The number of primary amides is 3. The van der Waals surface area contributed by atoms with E-state index in [0.29, 0.717) is 64.2 Å². The Hall–Kier alpha value is -13.5. The summed E-state index contributed by atoms with van der Waals surface area (Å²) >= 11 is 0.776. The first-order valence-corrected chi connectivity index (χ1v) is 44.7. The summed E-state index contributed by atoms with van der Waals surface area (Å²) in [7, 11) is 3.91. The lowest BCUT2D eigenvalue weighted by molar-refractivity contribution is -0.149. The normalized spacial score (nSPS) is 24.7. The Kier molecular flexibility index (Phi) is 37.3. The molecule has 0 saturated carbocycles. The molecule has 18 amide bonds. The van der Waals surface area contributed by atoms with Gasteiger partial charge in [-0.3, -0.25) is 86.3 Å². The number of imidazole rings is 1. The smallest absolute Gasteiger partial charge is 0.246 e. The number of H-pyrrole nitrogens is 3. The number of carbonyl (C=O) groups is 18. The highest BCUT2D eigenvalue weighted by Crippen LogP contribution is 2.27. The van der Waals surface area contributed by atoms with E-state index in [4.69, 9.17) is 17.2 Å². The fourth-order valence-electron chi connectivity index (χ4n) is 15.9. The number of fused-ring (bicyclic) bond motifs is 4. The van der Waals surface area contributed by atoms with Gasteiger partial charge in [-0.15, -0.1) is 11.8 Å². The largest absolute Gasteiger partial charge is 0.508 e. The van der Waals surface area contributed by atoms with Crippen LogP contribution >= 0.6 is 11.8 Å². The Morgan fingerprint density at radius 1 is 0.519 bits per heavy atom. The van der Waals surface area contributed by atoms with Crippen molar-refractivity contribution in [1.82, 2.24) is 103 Å². The number of aliphatic hydroxyl groups excluding tert-OH is 1. The number of aromatic amines is 3. The van der Waals surface area contributed by atoms with E-state index in [1.54, 1.807) is 60.9 Å². The maximum absolute atomic E-state index is 15.6. The Bertz CT molecular complexity index is 5110. The van der Waals surface area contributed by atoms with Gasteiger partial charge < -0.3 is 125 Å². The standard InChI is InChI=1S/C87H119N23O20S/c1-8-10-21-66-80(123)97-47(3)74(117)105-65(76(119)95-42-72(90)115)44-131-45-73(116)98-61(33-49-24-26-53(112)27-25-49)83(126)106(5)48(4)75(118)102-63(37-71(89)114)86(129)109-31-16-23-67(109)81(124)101-60(36-52-40-92-46-96-52)78(121)99-58(28-29-70(88)113)85(128)110-32-30-91-41-69(110)82(125)100-59(34-50-38-93-56-19-14-12-17-54(50)56)77(120)104-64(43-111)79(122)103-62(35-51-39-94-57-20-15-13-18-55(51)57)84(127)108(7)68(22-11-9-2)87(130)107(66)6/h12-15,17-20,24-27,38-40,46-48,58-69,91,93-94,111-112H,8-11,16,21-23,28-37,41-45H2,1-7H3,(H2,88,113)(H2,89,114)(H2,90,115)(H,92,96)(H,95,119)(H,97,123)(H,98,116)(H,99,121)(H,100,125)(H,101,124)(H,102,118)(H,103,122)(H,104,120)(H,105,117)/t47-,48-,58-,59-,60-,61-,62-,63-,64-,65-,66-,67-,68-,69-/m0/s1. The molecule has 708 valence electrons. The number of nitrogens with two attached hydrogens (primary N) is 3. The average molecular weight is 1840 g/mol. The summed E-state index contributed by atoms with van der Waals surface area (Å²) in [5, 5.41) is 51.8. The first kappa shape index (κ1) is 101. The Morgan fingerprint density at radius 3 is 1.66 bits per heavy atom. The molecule has 131 heavy (non-hydrogen) atoms. The van der Waals surface area contributed by atoms with Crippen molar-refractivity contribution in [2.45, 2.75) is 209 Å². The highest BCUT2D eigenvalue weighted by atomic mass is 32.2. The fourth-order valence-corrected chi connectivity index (χ4v) is 16.7. The third kappa shape index (κ3) is 27.8. The van der Waals surface area contributed by atoms with E-state index < -0.39 is 235 Å². The highest BCUT2D eigenvalue weighted by molar-refractivity contribution is 8.00. The van der Waals surface area contributed by atoms with Crippen molar-refractivity contribution in [1.29, 1.82) is 0 Å². The molecule has 0 aliphatic carbocycles. The van der Waals surface area contributed by atoms with E-state index >= 15 is 33.6 Å². The Labute approximate surface area is 759 Å². The number of amides is 18. The van der Waals surface area contributed by atoms with Crippen LogP contribution in [-0.2, 0) is 112 Å². The number of thioether (sulfide) groups is 1. The van der Waals surface area contributed by atoms with Crippen LogP contribution in [0.4, 0.5) is 0 Å². The summed E-state index contributed by atoms with van der Waals surface area (Å²) in [5.74, 6) is -18.1. The van der Waals surface area contributed by atoms with Gasteiger partial charge in [-0.2, -0.15) is 0 Å². The number of benzene rings is 3. The lowest BCUT2D eigenvalue weighted by atomic mass is 10.00. The van der Waals surface area contributed by atoms with Gasteiger partial charge in [-0.05, 0) is 86.9 Å². The van der Waals surface area contributed by atoms with Gasteiger partial charge >= 0.3 is 0 Å². The predicted octanol–water partition coefficient (Wildman–Crippen LogP) is -4.11. The monoisotopic (exact) mass is 1840 g/mol. The van der Waals surface area contributed by atoms with Gasteiger partial charge in [0.1, 0.15) is 90.3 Å². The Morgan fingerprint density at radius 2 is 1.06 bits per heavy atom. The molecule has 22 N–H and O–H groups in total. The lowest BCUT2D eigenvalue weighted by Crippen LogP contribution is -2.65. The van der Waals surface area contributed by atoms with Gasteiger partial charge in [-0.25, -0.2) is 4.98 Å². The molecule has 0 unspecified atom stereocenters. The number of piperazine rings is 1. The van der Waals surface area contributed by atoms with E-state index in [1.165, 1.54) is 71.8 Å². The molecule has 3 fully saturated rings. The van der Waals surface area contributed by atoms with Crippen LogP contribution in [0.3, 0.4) is 0 Å². The second kappa shape index (κ2) is 48.2. The molecule has 3 saturated heterocycles. The molecule has 43 nitrogen and oxygen atoms in total. The quantitative estimate of drug-likeness (QED) is 0.0290. The number of nitrogens with one attached hydrogen (secondary N) is 14. The van der Waals surface area contributed by atoms with Gasteiger partial charge in [-0.1, -0.05) is 88.1 Å². The van der Waals surface area contributed by atoms with Crippen molar-refractivity contribution < 1.29 is 96.5 Å². The van der Waals surface area contributed by atoms with Crippen molar-refractivity contribution in [3.05, 3.63) is 120 Å². The second-order valence-corrected chi connectivity index (χ2v) is 33.9. The maximum Gasteiger partial charge on any atom is 0.246 e. The van der Waals surface area contributed by atoms with Gasteiger partial charge in [0.2, 0.25) is 106 Å². The van der Waals surface area contributed by atoms with Crippen molar-refractivity contribution in [2.24, 2.45) is 17.2 Å². The molecule has 3 aromatic carbocycles. The number of hydrogen-bond donors (Lipinski definition) is 19. The van der Waals surface area contributed by atoms with Crippen LogP contribution < -0.4 is 75.7 Å². The van der Waals surface area contributed by atoms with Crippen molar-refractivity contribution in [2.75, 3.05) is 72.0 Å². The third-order valence-electron chi connectivity index (χ3n) is 23.4. The number of unbranched alkanes of at least 4 members (excludes halogenated alkanes) is 2. The number of aliphatic hydroxyl groups is 1. The van der Waals surface area contributed by atoms with Crippen LogP contribution in [0, 0.1) is 0 Å². The number of likely N-dealkylation sites (N-methyl/N-ethyl adjacent to an activating group) is 3. The SMILES string of the molecule is CCCC[C@H]1C(=O)N(C)[C@@H](CCCC)C(=O)N[C@@H](C)C(=O)N[C@H](C(=O)NCC(N)=O)CSCC(=O)N[C@@H](Cc2ccc(O)cc2)C(=O)N(C)[C@@H](C)C(=O)N[C@@H](CC(N)=O)C(=O)N2CCC[C@H]2C(=O)N[C@@H](Cc2cnc[nH]2)C(=O)N[C@@H](CCC(N)=O)C(=O)N2CCNC[C@H]2C(=O)N[C@@H](Cc2c[nH]c3ccccc23)C(=O)N[C@@H](CO)C(=O)N[C@@H](Cc2c[nH]c3ccccc23)C(=O)N1C. The van der Waals surface area contributed by atoms with Crippen LogP contribution in [0.2, 0.25) is 0 Å². The summed E-state index contributed by atoms with van der Waals surface area (Å²) in [6.45, 7) is 3.90. The van der Waals surface area contributed by atoms with E-state index in [2.05, 4.69) is 78.4 Å². The number of hydrogen-bond acceptors (Lipinski definition) is 23. The number of phenols is 1. The molecule has 0 spiro atoms. The molecule has 3 aliphatic rings. The molecule has 6 aromatic rings. The van der Waals surface area contributed by atoms with E-state index in [9.17, 15) is 63.0 Å². The molecule has 6 heterocycles. The van der Waals surface area contributed by atoms with Crippen LogP contribution in [-0.4, -0.2) is 318 Å². The average Bonchev–Trinajstić information content (AvgIpc) is 1.75. The van der Waals surface area contributed by atoms with Gasteiger partial charge in [0.15, 0.2) is 0 Å². The number of carbonyl (C=O) groups excluding carboxylic acids is 18. The number of phenolic OH excluding ortho intramolecular Hbond substituents is 1. The predicted molar refractivity (Wildman–Crippen MR) is 478 cm³/mol. The number of nitrogens with zero attached hydrogens (tertiary/aromatic N) is 6. The molecule has 3 aromatic heterocycles. The number of para-hydroxylation sites is 2. The van der Waals surface area contributed by atoms with Crippen LogP contribution in [0.25, 0.3) is 21.8 Å². The summed E-state index contributed by atoms with van der Waals surface area (Å²) in [6.07, 6.45) is 4.76. The third-order valence-corrected chi connectivity index (χ3v) is 24.4. The van der Waals surface area contributed by atoms with E-state index in [0.717, 1.165) is 36.3 Å². The van der Waals surface area contributed by atoms with Crippen molar-refractivity contribution in [3.8, 4) is 5.75 Å². The summed E-state index contributed by atoms with van der Waals surface area (Å²) in [5.41, 5.74) is 19.7. The minimum Gasteiger partial charge on any atom is -0.508 e. The molecule has 0 radical (unpaired) electrons. The van der Waals surface area contributed by atoms with Crippen molar-refractivity contribution >= 4 is 140 Å². The fraction of sp³-hybridized carbons (Fsp3) is 0.506. The number of rotatable bonds is 23. The molecule has 9 rings (SSSR count). The van der Waals surface area contributed by atoms with Crippen molar-refractivity contribution in [3.63, 3.8) is 0 Å². The zero-order chi connectivity index (χ0) is 95.4. The van der Waals surface area contributed by atoms with Crippen LogP contribution in [0.15, 0.2) is 97.7 Å². The highest BCUT2D eigenvalue weighted by Gasteiger charge is 2.45. The van der Waals surface area contributed by atoms with Crippen LogP contribution in [0.5, 0.6) is 5.75 Å². The molecule has 14 atom stereocenters. The van der Waals surface area contributed by atoms with Gasteiger partial charge in [0.05, 0.1) is 31.7 Å². The molecule has 0 bridgehead atoms. The van der Waals surface area contributed by atoms with Gasteiger partial charge in [0.25, 0.3) is 0 Å². The molecule has 3 aliphatic heterocycles. The number of aromatic nitrogens is 4. The topological polar surface area (TPSA) is 635 Å². The first-order chi connectivity index (χ1) is 62.5. The first-order valence-electron chi connectivity index (χ1n) is 43.5. The minimum absolute atomic E-state index is 0.0137. The Balaban J connectivity index is 1.08. The number of aromatic hydroxyl groups is 1. The summed E-state index contributed by atoms with van der Waals surface area (Å²) < 4.78 is 0. The van der Waals surface area contributed by atoms with E-state index in [-0.39, 0.29) is 89.0 Å². The zero-order valence-corrected chi connectivity index (χ0v) is 75.0. The lowest BCUT2D eigenvalue weighted by Gasteiger charge is -2.38. The second-order valence-electron chi connectivity index (χ2n) is 32.9. The van der Waals surface area contributed by atoms with Gasteiger partial charge in [0, 0.05) is 131 Å².